The summed E-state index contributed by atoms with van der Waals surface area (Å²) in [5.41, 5.74) is 0.316. The zero-order chi connectivity index (χ0) is 19.2. The summed E-state index contributed by atoms with van der Waals surface area (Å²) in [6, 6.07) is 11.0. The van der Waals surface area contributed by atoms with Crippen LogP contribution in [0, 0.1) is 5.92 Å². The number of hydrogen-bond donors (Lipinski definition) is 2. The van der Waals surface area contributed by atoms with Crippen molar-refractivity contribution in [3.8, 4) is 5.75 Å². The van der Waals surface area contributed by atoms with Gasteiger partial charge in [-0.1, -0.05) is 24.3 Å². The molecule has 6 nitrogen and oxygen atoms in total. The summed E-state index contributed by atoms with van der Waals surface area (Å²) in [6.07, 6.45) is 2.06. The molecule has 0 unspecified atom stereocenters. The minimum atomic E-state index is -0.183. The molecule has 27 heavy (non-hydrogen) atoms. The molecule has 3 rings (SSSR count). The molecule has 1 aliphatic rings. The van der Waals surface area contributed by atoms with Gasteiger partial charge in [0.2, 0.25) is 5.91 Å². The highest BCUT2D eigenvalue weighted by Gasteiger charge is 2.28. The summed E-state index contributed by atoms with van der Waals surface area (Å²) in [5, 5.41) is 15.0. The molecule has 0 bridgehead atoms. The third kappa shape index (κ3) is 4.57. The molecule has 2 aromatic carbocycles. The van der Waals surface area contributed by atoms with Gasteiger partial charge in [0.25, 0.3) is 5.91 Å². The summed E-state index contributed by atoms with van der Waals surface area (Å²) in [4.78, 5) is 26.8. The summed E-state index contributed by atoms with van der Waals surface area (Å²) < 4.78 is 4.97. The number of fused-ring (bicyclic) bond motifs is 1. The zero-order valence-electron chi connectivity index (χ0n) is 15.6. The Morgan fingerprint density at radius 3 is 2.52 bits per heavy atom. The van der Waals surface area contributed by atoms with Gasteiger partial charge in [-0.3, -0.25) is 9.59 Å². The molecule has 1 fully saturated rings. The lowest BCUT2D eigenvalue weighted by atomic mass is 9.95. The highest BCUT2D eigenvalue weighted by atomic mass is 16.5. The van der Waals surface area contributed by atoms with E-state index in [2.05, 4.69) is 5.32 Å². The standard InChI is InChI=1S/C21H26N2O4/c1-27-12-4-9-22-20(25)15-7-10-23(11-8-15)21(26)18-13-16-5-2-3-6-17(16)14-19(18)24/h2-3,5-6,13-15,24H,4,7-12H2,1H3,(H,22,25). The number of carbonyl (C=O) groups is 2. The van der Waals surface area contributed by atoms with E-state index >= 15 is 0 Å². The van der Waals surface area contributed by atoms with Crippen LogP contribution in [0.4, 0.5) is 0 Å². The van der Waals surface area contributed by atoms with Gasteiger partial charge in [-0.25, -0.2) is 0 Å². The first kappa shape index (κ1) is 19.2. The third-order valence-corrected chi connectivity index (χ3v) is 5.07. The van der Waals surface area contributed by atoms with Crippen LogP contribution in [0.2, 0.25) is 0 Å². The number of carbonyl (C=O) groups excluding carboxylic acids is 2. The molecule has 0 spiro atoms. The molecule has 1 heterocycles. The smallest absolute Gasteiger partial charge is 0.257 e. The Morgan fingerprint density at radius 2 is 1.85 bits per heavy atom. The van der Waals surface area contributed by atoms with Crippen LogP contribution in [0.5, 0.6) is 5.75 Å². The van der Waals surface area contributed by atoms with Crippen molar-refractivity contribution in [3.63, 3.8) is 0 Å². The number of nitrogens with zero attached hydrogens (tertiary/aromatic N) is 1. The number of benzene rings is 2. The van der Waals surface area contributed by atoms with Crippen LogP contribution in [0.15, 0.2) is 36.4 Å². The third-order valence-electron chi connectivity index (χ3n) is 5.07. The number of phenolic OH excluding ortho intramolecular Hbond substituents is 1. The topological polar surface area (TPSA) is 78.9 Å². The Balaban J connectivity index is 1.59. The Kier molecular flexibility index (Phi) is 6.29. The molecule has 0 aliphatic carbocycles. The van der Waals surface area contributed by atoms with E-state index < -0.39 is 0 Å². The second kappa shape index (κ2) is 8.86. The summed E-state index contributed by atoms with van der Waals surface area (Å²) in [7, 11) is 1.64. The number of phenols is 1. The van der Waals surface area contributed by atoms with Crippen molar-refractivity contribution in [2.75, 3.05) is 33.4 Å². The average molecular weight is 370 g/mol. The van der Waals surface area contributed by atoms with Crippen molar-refractivity contribution in [3.05, 3.63) is 42.0 Å². The lowest BCUT2D eigenvalue weighted by Crippen LogP contribution is -2.43. The molecular weight excluding hydrogens is 344 g/mol. The highest BCUT2D eigenvalue weighted by Crippen LogP contribution is 2.27. The van der Waals surface area contributed by atoms with Gasteiger partial charge in [0.05, 0.1) is 5.56 Å². The molecule has 2 N–H and O–H groups in total. The molecule has 144 valence electrons. The van der Waals surface area contributed by atoms with E-state index in [9.17, 15) is 14.7 Å². The molecule has 2 amide bonds. The van der Waals surface area contributed by atoms with E-state index in [4.69, 9.17) is 4.74 Å². The van der Waals surface area contributed by atoms with Gasteiger partial charge in [-0.2, -0.15) is 0 Å². The van der Waals surface area contributed by atoms with Crippen molar-refractivity contribution < 1.29 is 19.4 Å². The minimum Gasteiger partial charge on any atom is -0.507 e. The van der Waals surface area contributed by atoms with Crippen molar-refractivity contribution >= 4 is 22.6 Å². The van der Waals surface area contributed by atoms with Crippen LogP contribution in [0.1, 0.15) is 29.6 Å². The number of ether oxygens (including phenoxy) is 1. The van der Waals surface area contributed by atoms with Crippen LogP contribution < -0.4 is 5.32 Å². The highest BCUT2D eigenvalue weighted by molar-refractivity contribution is 6.01. The van der Waals surface area contributed by atoms with Crippen LogP contribution in [-0.4, -0.2) is 55.2 Å². The normalized spacial score (nSPS) is 15.1. The van der Waals surface area contributed by atoms with Crippen LogP contribution >= 0.6 is 0 Å². The maximum absolute atomic E-state index is 12.8. The molecule has 1 aliphatic heterocycles. The largest absolute Gasteiger partial charge is 0.507 e. The number of rotatable bonds is 6. The number of amides is 2. The number of aromatic hydroxyl groups is 1. The second-order valence-corrected chi connectivity index (χ2v) is 6.92. The maximum Gasteiger partial charge on any atom is 0.257 e. The average Bonchev–Trinajstić information content (AvgIpc) is 2.70. The first-order valence-electron chi connectivity index (χ1n) is 9.38. The number of hydrogen-bond acceptors (Lipinski definition) is 4. The molecule has 2 aromatic rings. The van der Waals surface area contributed by atoms with Gasteiger partial charge in [0, 0.05) is 39.3 Å². The van der Waals surface area contributed by atoms with E-state index in [1.54, 1.807) is 24.1 Å². The summed E-state index contributed by atoms with van der Waals surface area (Å²) in [6.45, 7) is 2.27. The number of methoxy groups -OCH3 is 1. The van der Waals surface area contributed by atoms with Gasteiger partial charge in [-0.15, -0.1) is 0 Å². The van der Waals surface area contributed by atoms with Gasteiger partial charge >= 0.3 is 0 Å². The zero-order valence-corrected chi connectivity index (χ0v) is 15.6. The quantitative estimate of drug-likeness (QED) is 0.766. The molecular formula is C21H26N2O4. The molecule has 0 aromatic heterocycles. The van der Waals surface area contributed by atoms with Gasteiger partial charge < -0.3 is 20.1 Å². The predicted molar refractivity (Wildman–Crippen MR) is 104 cm³/mol. The fraction of sp³-hybridized carbons (Fsp3) is 0.429. The Bertz CT molecular complexity index is 813. The van der Waals surface area contributed by atoms with Gasteiger partial charge in [0.1, 0.15) is 5.75 Å². The molecule has 1 saturated heterocycles. The van der Waals surface area contributed by atoms with E-state index in [1.807, 2.05) is 24.3 Å². The summed E-state index contributed by atoms with van der Waals surface area (Å²) in [5.74, 6) is -0.206. The van der Waals surface area contributed by atoms with Crippen LogP contribution in [0.3, 0.4) is 0 Å². The SMILES string of the molecule is COCCCNC(=O)C1CCN(C(=O)c2cc3ccccc3cc2O)CC1. The second-order valence-electron chi connectivity index (χ2n) is 6.92. The van der Waals surface area contributed by atoms with Crippen molar-refractivity contribution in [1.82, 2.24) is 10.2 Å². The van der Waals surface area contributed by atoms with Crippen molar-refractivity contribution in [2.45, 2.75) is 19.3 Å². The molecule has 0 saturated carbocycles. The van der Waals surface area contributed by atoms with Crippen molar-refractivity contribution in [1.29, 1.82) is 0 Å². The lowest BCUT2D eigenvalue weighted by molar-refractivity contribution is -0.126. The monoisotopic (exact) mass is 370 g/mol. The summed E-state index contributed by atoms with van der Waals surface area (Å²) >= 11 is 0. The number of likely N-dealkylation sites (tertiary alicyclic amines) is 1. The minimum absolute atomic E-state index is 0.00305. The Labute approximate surface area is 159 Å². The van der Waals surface area contributed by atoms with E-state index in [0.29, 0.717) is 44.6 Å². The maximum atomic E-state index is 12.8. The van der Waals surface area contributed by atoms with E-state index in [0.717, 1.165) is 17.2 Å². The predicted octanol–water partition coefficient (Wildman–Crippen LogP) is 2.55. The number of piperidine rings is 1. The van der Waals surface area contributed by atoms with E-state index in [-0.39, 0.29) is 23.5 Å². The fourth-order valence-corrected chi connectivity index (χ4v) is 3.49. The van der Waals surface area contributed by atoms with Gasteiger partial charge in [0.15, 0.2) is 0 Å². The first-order chi connectivity index (χ1) is 13.1. The Morgan fingerprint density at radius 1 is 1.19 bits per heavy atom. The number of nitrogens with one attached hydrogen (secondary N) is 1. The van der Waals surface area contributed by atoms with Crippen LogP contribution in [0.25, 0.3) is 10.8 Å². The fourth-order valence-electron chi connectivity index (χ4n) is 3.49. The molecule has 6 heteroatoms. The van der Waals surface area contributed by atoms with E-state index in [1.165, 1.54) is 0 Å². The van der Waals surface area contributed by atoms with Gasteiger partial charge in [-0.05, 0) is 42.2 Å². The van der Waals surface area contributed by atoms with Crippen LogP contribution in [-0.2, 0) is 9.53 Å². The molecule has 0 radical (unpaired) electrons. The van der Waals surface area contributed by atoms with Crippen molar-refractivity contribution in [2.24, 2.45) is 5.92 Å². The lowest BCUT2D eigenvalue weighted by Gasteiger charge is -2.31. The first-order valence-corrected chi connectivity index (χ1v) is 9.38. The Hall–Kier alpha value is -2.60. The molecule has 0 atom stereocenters.